The van der Waals surface area contributed by atoms with Crippen LogP contribution in [0.4, 0.5) is 17.1 Å². The lowest BCUT2D eigenvalue weighted by Crippen LogP contribution is -2.09. The van der Waals surface area contributed by atoms with Gasteiger partial charge in [-0.05, 0) is 36.4 Å². The van der Waals surface area contributed by atoms with Crippen LogP contribution in [-0.2, 0) is 0 Å². The summed E-state index contributed by atoms with van der Waals surface area (Å²) >= 11 is 0. The topological polar surface area (TPSA) is 50.8 Å². The normalized spacial score (nSPS) is 9.36. The smallest absolute Gasteiger partial charge is 0.0919 e. The fraction of sp³-hybridized carbons (Fsp3) is 0. The third-order valence-electron chi connectivity index (χ3n) is 3.28. The van der Waals surface area contributed by atoms with Crippen LogP contribution >= 0.6 is 0 Å². The second kappa shape index (κ2) is 10.0. The second-order valence-electron chi connectivity index (χ2n) is 4.93. The molecule has 0 aliphatic heterocycles. The molecule has 25 heavy (non-hydrogen) atoms. The zero-order valence-corrected chi connectivity index (χ0v) is 13.7. The molecule has 0 atom stereocenters. The SMILES string of the molecule is N#C/C=C/C#N.c1ccc(N(c2ccccc2)c2ccccc2)cc1. The predicted octanol–water partition coefficient (Wildman–Crippen LogP) is 5.75. The zero-order chi connectivity index (χ0) is 17.7. The Hall–Kier alpha value is -3.82. The fourth-order valence-corrected chi connectivity index (χ4v) is 2.25. The Kier molecular flexibility index (Phi) is 7.05. The number of benzene rings is 3. The first-order valence-electron chi connectivity index (χ1n) is 7.76. The van der Waals surface area contributed by atoms with Gasteiger partial charge in [-0.3, -0.25) is 0 Å². The van der Waals surface area contributed by atoms with Gasteiger partial charge in [0.1, 0.15) is 0 Å². The van der Waals surface area contributed by atoms with Crippen molar-refractivity contribution in [3.63, 3.8) is 0 Å². The lowest BCUT2D eigenvalue weighted by Gasteiger charge is -2.25. The molecule has 0 amide bonds. The first-order chi connectivity index (χ1) is 12.4. The van der Waals surface area contributed by atoms with Crippen molar-refractivity contribution in [1.29, 1.82) is 10.5 Å². The molecule has 120 valence electrons. The minimum atomic E-state index is 1.12. The van der Waals surface area contributed by atoms with Gasteiger partial charge in [-0.1, -0.05) is 54.6 Å². The Labute approximate surface area is 148 Å². The Bertz CT molecular complexity index is 748. The first-order valence-corrected chi connectivity index (χ1v) is 7.76. The molecule has 0 bridgehead atoms. The van der Waals surface area contributed by atoms with Gasteiger partial charge in [-0.15, -0.1) is 0 Å². The van der Waals surface area contributed by atoms with Crippen molar-refractivity contribution in [1.82, 2.24) is 0 Å². The second-order valence-corrected chi connectivity index (χ2v) is 4.93. The number of hydrogen-bond donors (Lipinski definition) is 0. The van der Waals surface area contributed by atoms with E-state index in [4.69, 9.17) is 10.5 Å². The number of rotatable bonds is 3. The summed E-state index contributed by atoms with van der Waals surface area (Å²) in [6.45, 7) is 0. The Morgan fingerprint density at radius 3 is 1.04 bits per heavy atom. The van der Waals surface area contributed by atoms with Gasteiger partial charge >= 0.3 is 0 Å². The number of anilines is 3. The molecule has 3 heteroatoms. The zero-order valence-electron chi connectivity index (χ0n) is 13.7. The average molecular weight is 323 g/mol. The highest BCUT2D eigenvalue weighted by Crippen LogP contribution is 2.33. The molecule has 3 aromatic carbocycles. The highest BCUT2D eigenvalue weighted by molar-refractivity contribution is 5.76. The number of para-hydroxylation sites is 3. The van der Waals surface area contributed by atoms with Crippen molar-refractivity contribution in [2.75, 3.05) is 4.90 Å². The van der Waals surface area contributed by atoms with Crippen LogP contribution in [0.15, 0.2) is 103 Å². The molecular formula is C22H17N3. The molecule has 0 N–H and O–H groups in total. The Morgan fingerprint density at radius 1 is 0.520 bits per heavy atom. The quantitative estimate of drug-likeness (QED) is 0.577. The Balaban J connectivity index is 0.000000326. The van der Waals surface area contributed by atoms with Gasteiger partial charge in [-0.2, -0.15) is 10.5 Å². The standard InChI is InChI=1S/C18H15N.C4H2N2/c1-4-10-16(11-5-1)19(17-12-6-2-7-13-17)18-14-8-3-9-15-18;5-3-1-2-4-6/h1-15H;1-2H/b;2-1+. The molecule has 0 radical (unpaired) electrons. The molecule has 3 nitrogen and oxygen atoms in total. The summed E-state index contributed by atoms with van der Waals surface area (Å²) in [5, 5.41) is 15.4. The third kappa shape index (κ3) is 5.39. The lowest BCUT2D eigenvalue weighted by molar-refractivity contribution is 1.28. The summed E-state index contributed by atoms with van der Waals surface area (Å²) < 4.78 is 0. The molecule has 0 aromatic heterocycles. The highest BCUT2D eigenvalue weighted by Gasteiger charge is 2.10. The van der Waals surface area contributed by atoms with E-state index in [-0.39, 0.29) is 0 Å². The molecule has 0 unspecified atom stereocenters. The van der Waals surface area contributed by atoms with E-state index >= 15 is 0 Å². The highest BCUT2D eigenvalue weighted by atomic mass is 15.1. The maximum absolute atomic E-state index is 7.71. The van der Waals surface area contributed by atoms with Crippen LogP contribution in [0.3, 0.4) is 0 Å². The molecule has 3 rings (SSSR count). The molecule has 0 aliphatic rings. The minimum absolute atomic E-state index is 1.12. The van der Waals surface area contributed by atoms with E-state index in [0.29, 0.717) is 0 Å². The average Bonchev–Trinajstić information content (AvgIpc) is 2.70. The molecule has 0 spiro atoms. The number of hydrogen-bond acceptors (Lipinski definition) is 3. The summed E-state index contributed by atoms with van der Waals surface area (Å²) in [6.07, 6.45) is 2.25. The summed E-state index contributed by atoms with van der Waals surface area (Å²) in [6, 6.07) is 34.6. The number of nitriles is 2. The van der Waals surface area contributed by atoms with E-state index in [2.05, 4.69) is 77.7 Å². The van der Waals surface area contributed by atoms with Crippen LogP contribution in [0.2, 0.25) is 0 Å². The van der Waals surface area contributed by atoms with E-state index < -0.39 is 0 Å². The molecular weight excluding hydrogens is 306 g/mol. The van der Waals surface area contributed by atoms with Crippen molar-refractivity contribution < 1.29 is 0 Å². The lowest BCUT2D eigenvalue weighted by atomic mass is 10.2. The van der Waals surface area contributed by atoms with Crippen molar-refractivity contribution in [3.05, 3.63) is 103 Å². The molecule has 0 heterocycles. The van der Waals surface area contributed by atoms with Crippen LogP contribution < -0.4 is 4.90 Å². The van der Waals surface area contributed by atoms with Gasteiger partial charge in [0, 0.05) is 29.2 Å². The van der Waals surface area contributed by atoms with Crippen LogP contribution in [0, 0.1) is 22.7 Å². The molecule has 0 aliphatic carbocycles. The number of nitrogens with zero attached hydrogens (tertiary/aromatic N) is 3. The van der Waals surface area contributed by atoms with E-state index in [1.807, 2.05) is 18.2 Å². The van der Waals surface area contributed by atoms with Crippen molar-refractivity contribution >= 4 is 17.1 Å². The fourth-order valence-electron chi connectivity index (χ4n) is 2.25. The monoisotopic (exact) mass is 323 g/mol. The summed E-state index contributed by atoms with van der Waals surface area (Å²) in [4.78, 5) is 2.25. The predicted molar refractivity (Wildman–Crippen MR) is 101 cm³/mol. The third-order valence-corrected chi connectivity index (χ3v) is 3.28. The molecule has 0 fully saturated rings. The minimum Gasteiger partial charge on any atom is -0.311 e. The van der Waals surface area contributed by atoms with Crippen LogP contribution in [-0.4, -0.2) is 0 Å². The summed E-state index contributed by atoms with van der Waals surface area (Å²) in [7, 11) is 0. The Morgan fingerprint density at radius 2 is 0.800 bits per heavy atom. The van der Waals surface area contributed by atoms with E-state index in [1.54, 1.807) is 12.1 Å². The van der Waals surface area contributed by atoms with Gasteiger partial charge in [0.2, 0.25) is 0 Å². The largest absolute Gasteiger partial charge is 0.311 e. The van der Waals surface area contributed by atoms with Crippen molar-refractivity contribution in [2.45, 2.75) is 0 Å². The molecule has 0 saturated carbocycles. The van der Waals surface area contributed by atoms with Crippen molar-refractivity contribution in [3.8, 4) is 12.1 Å². The van der Waals surface area contributed by atoms with Crippen molar-refractivity contribution in [2.24, 2.45) is 0 Å². The number of allylic oxidation sites excluding steroid dienone is 2. The van der Waals surface area contributed by atoms with Gasteiger partial charge in [0.05, 0.1) is 12.1 Å². The van der Waals surface area contributed by atoms with Gasteiger partial charge < -0.3 is 4.90 Å². The van der Waals surface area contributed by atoms with Crippen LogP contribution in [0.25, 0.3) is 0 Å². The summed E-state index contributed by atoms with van der Waals surface area (Å²) in [5.41, 5.74) is 3.50. The van der Waals surface area contributed by atoms with Crippen LogP contribution in [0.5, 0.6) is 0 Å². The van der Waals surface area contributed by atoms with E-state index in [1.165, 1.54) is 17.1 Å². The van der Waals surface area contributed by atoms with Crippen LogP contribution in [0.1, 0.15) is 0 Å². The van der Waals surface area contributed by atoms with Gasteiger partial charge in [0.25, 0.3) is 0 Å². The van der Waals surface area contributed by atoms with E-state index in [0.717, 1.165) is 12.2 Å². The van der Waals surface area contributed by atoms with Gasteiger partial charge in [0.15, 0.2) is 0 Å². The van der Waals surface area contributed by atoms with E-state index in [9.17, 15) is 0 Å². The van der Waals surface area contributed by atoms with Gasteiger partial charge in [-0.25, -0.2) is 0 Å². The first kappa shape index (κ1) is 17.5. The summed E-state index contributed by atoms with van der Waals surface area (Å²) in [5.74, 6) is 0. The molecule has 0 saturated heterocycles. The maximum atomic E-state index is 7.71. The molecule has 3 aromatic rings. The maximum Gasteiger partial charge on any atom is 0.0919 e.